The minimum absolute atomic E-state index is 0.151. The van der Waals surface area contributed by atoms with Crippen molar-refractivity contribution in [2.24, 2.45) is 7.05 Å². The molecule has 1 amide bonds. The van der Waals surface area contributed by atoms with Gasteiger partial charge in [0.25, 0.3) is 5.56 Å². The van der Waals surface area contributed by atoms with Crippen molar-refractivity contribution >= 4 is 32.8 Å². The molecule has 3 rings (SSSR count). The van der Waals surface area contributed by atoms with Crippen molar-refractivity contribution in [2.45, 2.75) is 46.6 Å². The van der Waals surface area contributed by atoms with E-state index in [9.17, 15) is 18.0 Å². The molecule has 1 N–H and O–H groups in total. The van der Waals surface area contributed by atoms with Crippen LogP contribution in [0.4, 0.5) is 10.5 Å². The molecule has 2 aromatic carbocycles. The Morgan fingerprint density at radius 2 is 1.65 bits per heavy atom. The summed E-state index contributed by atoms with van der Waals surface area (Å²) in [6, 6.07) is 10.7. The number of aromatic nitrogens is 2. The summed E-state index contributed by atoms with van der Waals surface area (Å²) in [4.78, 5) is 24.5. The van der Waals surface area contributed by atoms with Crippen molar-refractivity contribution in [3.63, 3.8) is 0 Å². The summed E-state index contributed by atoms with van der Waals surface area (Å²) in [6.07, 6.45) is -0.589. The zero-order chi connectivity index (χ0) is 25.4. The van der Waals surface area contributed by atoms with Crippen molar-refractivity contribution in [2.75, 3.05) is 11.4 Å². The fourth-order valence-electron chi connectivity index (χ4n) is 3.45. The maximum Gasteiger partial charge on any atom is 0.422 e. The van der Waals surface area contributed by atoms with Crippen molar-refractivity contribution < 1.29 is 17.9 Å². The van der Waals surface area contributed by atoms with E-state index < -0.39 is 21.9 Å². The molecule has 0 fully saturated rings. The van der Waals surface area contributed by atoms with E-state index in [1.807, 2.05) is 30.7 Å². The molecule has 0 atom stereocenters. The normalized spacial score (nSPS) is 12.0. The summed E-state index contributed by atoms with van der Waals surface area (Å²) in [5.74, 6) is 0. The second kappa shape index (κ2) is 9.09. The summed E-state index contributed by atoms with van der Waals surface area (Å²) < 4.78 is 34.3. The predicted molar refractivity (Wildman–Crippen MR) is 132 cm³/mol. The molecule has 0 saturated heterocycles. The molecule has 0 radical (unpaired) electrons. The number of fused-ring (bicyclic) bond motifs is 1. The first kappa shape index (κ1) is 25.2. The Kier molecular flexibility index (Phi) is 6.75. The number of nitrogens with one attached hydrogen (secondary N) is 1. The molecular formula is C24H30N4O5S. The van der Waals surface area contributed by atoms with E-state index in [1.165, 1.54) is 11.7 Å². The molecular weight excluding hydrogens is 456 g/mol. The lowest BCUT2D eigenvalue weighted by atomic mass is 10.00. The predicted octanol–water partition coefficient (Wildman–Crippen LogP) is 3.35. The summed E-state index contributed by atoms with van der Waals surface area (Å²) in [7, 11) is -1.18. The van der Waals surface area contributed by atoms with E-state index in [4.69, 9.17) is 4.74 Å². The number of carbonyl (C=O) groups is 1. The smallest absolute Gasteiger partial charge is 0.422 e. The van der Waals surface area contributed by atoms with E-state index in [2.05, 4.69) is 5.10 Å². The molecule has 0 saturated carbocycles. The highest BCUT2D eigenvalue weighted by atomic mass is 32.2. The van der Waals surface area contributed by atoms with E-state index in [0.717, 1.165) is 32.1 Å². The SMILES string of the molecule is Cc1cc2c(Cc3ccc(N(C)S(=O)(=O)NC(=O)OC(C)(C)C)cc3)nn(C)c(=O)c2cc1C. The molecule has 0 aliphatic heterocycles. The van der Waals surface area contributed by atoms with E-state index >= 15 is 0 Å². The van der Waals surface area contributed by atoms with Crippen LogP contribution >= 0.6 is 0 Å². The highest BCUT2D eigenvalue weighted by Crippen LogP contribution is 2.23. The third-order valence-corrected chi connectivity index (χ3v) is 6.74. The van der Waals surface area contributed by atoms with Crippen LogP contribution < -0.4 is 14.6 Å². The van der Waals surface area contributed by atoms with E-state index in [0.29, 0.717) is 17.5 Å². The summed E-state index contributed by atoms with van der Waals surface area (Å²) in [5.41, 5.74) is 3.14. The third kappa shape index (κ3) is 5.56. The first-order valence-corrected chi connectivity index (χ1v) is 12.2. The molecule has 182 valence electrons. The molecule has 0 aliphatic carbocycles. The van der Waals surface area contributed by atoms with Crippen molar-refractivity contribution in [1.29, 1.82) is 0 Å². The van der Waals surface area contributed by atoms with E-state index in [-0.39, 0.29) is 5.56 Å². The molecule has 0 bridgehead atoms. The quantitative estimate of drug-likeness (QED) is 0.592. The highest BCUT2D eigenvalue weighted by molar-refractivity contribution is 7.91. The van der Waals surface area contributed by atoms with Crippen LogP contribution in [0.15, 0.2) is 41.2 Å². The van der Waals surface area contributed by atoms with E-state index in [1.54, 1.807) is 52.1 Å². The Morgan fingerprint density at radius 3 is 2.21 bits per heavy atom. The zero-order valence-electron chi connectivity index (χ0n) is 20.5. The fourth-order valence-corrected chi connectivity index (χ4v) is 4.23. The van der Waals surface area contributed by atoms with Gasteiger partial charge in [0.1, 0.15) is 5.60 Å². The van der Waals surface area contributed by atoms with Gasteiger partial charge < -0.3 is 4.74 Å². The van der Waals surface area contributed by atoms with Crippen molar-refractivity contribution in [1.82, 2.24) is 14.5 Å². The minimum atomic E-state index is -4.15. The van der Waals surface area contributed by atoms with Gasteiger partial charge in [-0.2, -0.15) is 13.5 Å². The number of nitrogens with zero attached hydrogens (tertiary/aromatic N) is 3. The molecule has 34 heavy (non-hydrogen) atoms. The third-order valence-electron chi connectivity index (χ3n) is 5.38. The zero-order valence-corrected chi connectivity index (χ0v) is 21.3. The number of benzene rings is 2. The average molecular weight is 487 g/mol. The van der Waals surface area contributed by atoms with Gasteiger partial charge in [0.05, 0.1) is 16.8 Å². The van der Waals surface area contributed by atoms with Crippen LogP contribution in [-0.4, -0.2) is 36.9 Å². The summed E-state index contributed by atoms with van der Waals surface area (Å²) >= 11 is 0. The van der Waals surface area contributed by atoms with Gasteiger partial charge in [-0.1, -0.05) is 12.1 Å². The molecule has 3 aromatic rings. The molecule has 0 unspecified atom stereocenters. The maximum atomic E-state index is 12.6. The molecule has 0 aliphatic rings. The molecule has 1 heterocycles. The van der Waals surface area contributed by atoms with Gasteiger partial charge in [-0.15, -0.1) is 0 Å². The number of hydrogen-bond donors (Lipinski definition) is 1. The van der Waals surface area contributed by atoms with Gasteiger partial charge in [0.15, 0.2) is 0 Å². The lowest BCUT2D eigenvalue weighted by molar-refractivity contribution is 0.0570. The number of amides is 1. The Morgan fingerprint density at radius 1 is 1.09 bits per heavy atom. The second-order valence-electron chi connectivity index (χ2n) is 9.28. The average Bonchev–Trinajstić information content (AvgIpc) is 2.71. The standard InChI is InChI=1S/C24H30N4O5S/c1-15-12-19-20(13-16(15)2)22(29)27(6)25-21(19)14-17-8-10-18(11-9-17)28(7)34(31,32)26-23(30)33-24(3,4)5/h8-13H,14H2,1-7H3,(H,26,30). The van der Waals surface area contributed by atoms with Gasteiger partial charge in [0.2, 0.25) is 0 Å². The maximum absolute atomic E-state index is 12.6. The topological polar surface area (TPSA) is 111 Å². The first-order chi connectivity index (χ1) is 15.7. The fraction of sp³-hybridized carbons (Fsp3) is 0.375. The van der Waals surface area contributed by atoms with Gasteiger partial charge in [-0.3, -0.25) is 9.10 Å². The van der Waals surface area contributed by atoms with Gasteiger partial charge in [-0.05, 0) is 75.6 Å². The van der Waals surface area contributed by atoms with Crippen LogP contribution in [0.2, 0.25) is 0 Å². The number of hydrogen-bond acceptors (Lipinski definition) is 6. The Balaban J connectivity index is 1.85. The van der Waals surface area contributed by atoms with Crippen LogP contribution in [0.5, 0.6) is 0 Å². The summed E-state index contributed by atoms with van der Waals surface area (Å²) in [5, 5.41) is 5.88. The van der Waals surface area contributed by atoms with Crippen LogP contribution in [0.3, 0.4) is 0 Å². The highest BCUT2D eigenvalue weighted by Gasteiger charge is 2.25. The van der Waals surface area contributed by atoms with Crippen LogP contribution in [0.1, 0.15) is 43.2 Å². The van der Waals surface area contributed by atoms with Gasteiger partial charge in [-0.25, -0.2) is 14.2 Å². The summed E-state index contributed by atoms with van der Waals surface area (Å²) in [6.45, 7) is 8.90. The first-order valence-electron chi connectivity index (χ1n) is 10.7. The Labute approximate surface area is 199 Å². The van der Waals surface area contributed by atoms with Crippen LogP contribution in [0.25, 0.3) is 10.8 Å². The van der Waals surface area contributed by atoms with Crippen molar-refractivity contribution in [3.8, 4) is 0 Å². The lowest BCUT2D eigenvalue weighted by Crippen LogP contribution is -2.43. The number of ether oxygens (including phenoxy) is 1. The van der Waals surface area contributed by atoms with Crippen LogP contribution in [0, 0.1) is 13.8 Å². The number of rotatable bonds is 5. The van der Waals surface area contributed by atoms with Gasteiger partial charge in [0, 0.05) is 25.9 Å². The molecule has 10 heteroatoms. The lowest BCUT2D eigenvalue weighted by Gasteiger charge is -2.23. The monoisotopic (exact) mass is 486 g/mol. The number of anilines is 1. The Bertz CT molecular complexity index is 1400. The molecule has 9 nitrogen and oxygen atoms in total. The van der Waals surface area contributed by atoms with Crippen molar-refractivity contribution in [3.05, 3.63) is 69.1 Å². The van der Waals surface area contributed by atoms with Crippen LogP contribution in [-0.2, 0) is 28.4 Å². The number of carbonyl (C=O) groups excluding carboxylic acids is 1. The Hall–Kier alpha value is -3.40. The van der Waals surface area contributed by atoms with Gasteiger partial charge >= 0.3 is 16.3 Å². The number of aryl methyl sites for hydroxylation is 3. The largest absolute Gasteiger partial charge is 0.443 e. The molecule has 1 aromatic heterocycles. The second-order valence-corrected chi connectivity index (χ2v) is 11.0. The minimum Gasteiger partial charge on any atom is -0.443 e. The molecule has 0 spiro atoms.